The molecule has 5 heteroatoms. The molecular formula is C15H14IN3S. The maximum atomic E-state index is 4.50. The van der Waals surface area contributed by atoms with Crippen molar-refractivity contribution in [2.75, 3.05) is 5.32 Å². The van der Waals surface area contributed by atoms with Crippen LogP contribution in [0, 0.1) is 3.57 Å². The summed E-state index contributed by atoms with van der Waals surface area (Å²) in [6.45, 7) is 0. The number of rotatable bonds is 4. The van der Waals surface area contributed by atoms with Crippen LogP contribution < -0.4 is 5.32 Å². The van der Waals surface area contributed by atoms with Crippen molar-refractivity contribution in [3.63, 3.8) is 0 Å². The summed E-state index contributed by atoms with van der Waals surface area (Å²) < 4.78 is 3.27. The van der Waals surface area contributed by atoms with E-state index in [0.717, 1.165) is 11.5 Å². The molecule has 102 valence electrons. The molecule has 3 rings (SSSR count). The number of benzene rings is 1. The Kier molecular flexibility index (Phi) is 4.07. The number of anilines is 1. The van der Waals surface area contributed by atoms with Gasteiger partial charge < -0.3 is 9.88 Å². The van der Waals surface area contributed by atoms with Crippen LogP contribution in [-0.2, 0) is 7.05 Å². The highest BCUT2D eigenvalue weighted by molar-refractivity contribution is 14.1. The summed E-state index contributed by atoms with van der Waals surface area (Å²) in [5.41, 5.74) is 1.13. The largest absolute Gasteiger partial charge is 0.370 e. The van der Waals surface area contributed by atoms with Crippen LogP contribution in [0.15, 0.2) is 54.2 Å². The highest BCUT2D eigenvalue weighted by Gasteiger charge is 2.19. The van der Waals surface area contributed by atoms with Crippen molar-refractivity contribution < 1.29 is 0 Å². The number of nitrogens with zero attached hydrogens (tertiary/aromatic N) is 2. The van der Waals surface area contributed by atoms with E-state index in [9.17, 15) is 0 Å². The average molecular weight is 395 g/mol. The van der Waals surface area contributed by atoms with Crippen molar-refractivity contribution in [2.45, 2.75) is 6.04 Å². The van der Waals surface area contributed by atoms with E-state index in [0.29, 0.717) is 0 Å². The van der Waals surface area contributed by atoms with Gasteiger partial charge in [-0.3, -0.25) is 0 Å². The fourth-order valence-electron chi connectivity index (χ4n) is 2.11. The molecule has 3 nitrogen and oxygen atoms in total. The lowest BCUT2D eigenvalue weighted by atomic mass is 10.2. The Morgan fingerprint density at radius 3 is 2.75 bits per heavy atom. The first-order valence-corrected chi connectivity index (χ1v) is 8.23. The standard InChI is InChI=1S/C15H14IN3S/c1-19-9-8-17-15(19)14(13-7-4-10-20-13)18-12-6-3-2-5-11(12)16/h2-10,14,18H,1H3. The first-order chi connectivity index (χ1) is 9.75. The predicted octanol–water partition coefficient (Wildman–Crippen LogP) is 4.29. The Balaban J connectivity index is 1.99. The quantitative estimate of drug-likeness (QED) is 0.668. The number of thiophene rings is 1. The van der Waals surface area contributed by atoms with Gasteiger partial charge in [-0.05, 0) is 46.2 Å². The predicted molar refractivity (Wildman–Crippen MR) is 92.2 cm³/mol. The second-order valence-corrected chi connectivity index (χ2v) is 6.61. The van der Waals surface area contributed by atoms with Crippen LogP contribution in [0.3, 0.4) is 0 Å². The number of imidazole rings is 1. The first-order valence-electron chi connectivity index (χ1n) is 6.27. The summed E-state index contributed by atoms with van der Waals surface area (Å²) in [6.07, 6.45) is 3.82. The van der Waals surface area contributed by atoms with Gasteiger partial charge in [-0.25, -0.2) is 4.98 Å². The lowest BCUT2D eigenvalue weighted by Gasteiger charge is -2.19. The van der Waals surface area contributed by atoms with Gasteiger partial charge in [-0.1, -0.05) is 18.2 Å². The number of halogens is 1. The van der Waals surface area contributed by atoms with Crippen LogP contribution in [0.1, 0.15) is 16.7 Å². The topological polar surface area (TPSA) is 29.9 Å². The second-order valence-electron chi connectivity index (χ2n) is 4.47. The highest BCUT2D eigenvalue weighted by atomic mass is 127. The van der Waals surface area contributed by atoms with Gasteiger partial charge in [0, 0.05) is 33.6 Å². The van der Waals surface area contributed by atoms with Crippen LogP contribution in [0.2, 0.25) is 0 Å². The summed E-state index contributed by atoms with van der Waals surface area (Å²) in [5.74, 6) is 1.02. The van der Waals surface area contributed by atoms with Crippen LogP contribution in [0.4, 0.5) is 5.69 Å². The molecule has 1 atom stereocenters. The van der Waals surface area contributed by atoms with Crippen molar-refractivity contribution in [1.82, 2.24) is 9.55 Å². The molecule has 3 aromatic rings. The van der Waals surface area contributed by atoms with E-state index in [2.05, 4.69) is 67.1 Å². The minimum absolute atomic E-state index is 0.0749. The molecule has 2 heterocycles. The third kappa shape index (κ3) is 2.73. The molecule has 0 radical (unpaired) electrons. The lowest BCUT2D eigenvalue weighted by Crippen LogP contribution is -2.16. The molecule has 0 aliphatic rings. The van der Waals surface area contributed by atoms with Crippen molar-refractivity contribution in [3.05, 3.63) is 68.4 Å². The third-order valence-corrected chi connectivity index (χ3v) is 5.00. The van der Waals surface area contributed by atoms with E-state index in [4.69, 9.17) is 0 Å². The summed E-state index contributed by atoms with van der Waals surface area (Å²) >= 11 is 4.10. The summed E-state index contributed by atoms with van der Waals surface area (Å²) in [7, 11) is 2.03. The van der Waals surface area contributed by atoms with Crippen molar-refractivity contribution in [1.29, 1.82) is 0 Å². The number of nitrogens with one attached hydrogen (secondary N) is 1. The number of hydrogen-bond donors (Lipinski definition) is 1. The Labute approximate surface area is 135 Å². The monoisotopic (exact) mass is 395 g/mol. The number of aromatic nitrogens is 2. The zero-order valence-electron chi connectivity index (χ0n) is 11.0. The molecule has 0 fully saturated rings. The van der Waals surface area contributed by atoms with Gasteiger partial charge in [-0.15, -0.1) is 11.3 Å². The molecule has 1 aromatic carbocycles. The maximum Gasteiger partial charge on any atom is 0.136 e. The minimum atomic E-state index is 0.0749. The van der Waals surface area contributed by atoms with Gasteiger partial charge in [0.15, 0.2) is 0 Å². The van der Waals surface area contributed by atoms with Gasteiger partial charge in [0.1, 0.15) is 11.9 Å². The molecule has 1 unspecified atom stereocenters. The fourth-order valence-corrected chi connectivity index (χ4v) is 3.42. The normalized spacial score (nSPS) is 12.3. The van der Waals surface area contributed by atoms with E-state index in [-0.39, 0.29) is 6.04 Å². The van der Waals surface area contributed by atoms with Crippen molar-refractivity contribution in [3.8, 4) is 0 Å². The summed E-state index contributed by atoms with van der Waals surface area (Å²) in [5, 5.41) is 5.71. The van der Waals surface area contributed by atoms with Crippen LogP contribution in [-0.4, -0.2) is 9.55 Å². The van der Waals surface area contributed by atoms with E-state index in [1.54, 1.807) is 11.3 Å². The molecule has 20 heavy (non-hydrogen) atoms. The van der Waals surface area contributed by atoms with Gasteiger partial charge in [0.05, 0.1) is 0 Å². The Bertz CT molecular complexity index is 691. The van der Waals surface area contributed by atoms with Crippen LogP contribution in [0.25, 0.3) is 0 Å². The zero-order valence-corrected chi connectivity index (χ0v) is 13.9. The van der Waals surface area contributed by atoms with Gasteiger partial charge in [0.2, 0.25) is 0 Å². The smallest absolute Gasteiger partial charge is 0.136 e. The van der Waals surface area contributed by atoms with E-state index >= 15 is 0 Å². The molecule has 0 amide bonds. The van der Waals surface area contributed by atoms with E-state index in [1.165, 1.54) is 8.45 Å². The fraction of sp³-hybridized carbons (Fsp3) is 0.133. The minimum Gasteiger partial charge on any atom is -0.370 e. The molecule has 0 spiro atoms. The van der Waals surface area contributed by atoms with Crippen molar-refractivity contribution >= 4 is 39.6 Å². The lowest BCUT2D eigenvalue weighted by molar-refractivity contribution is 0.756. The molecule has 0 aliphatic heterocycles. The number of aryl methyl sites for hydroxylation is 1. The molecule has 0 bridgehead atoms. The van der Waals surface area contributed by atoms with Gasteiger partial charge in [0.25, 0.3) is 0 Å². The van der Waals surface area contributed by atoms with Crippen LogP contribution in [0.5, 0.6) is 0 Å². The zero-order chi connectivity index (χ0) is 13.9. The molecular weight excluding hydrogens is 381 g/mol. The first kappa shape index (κ1) is 13.6. The molecule has 0 saturated heterocycles. The van der Waals surface area contributed by atoms with Gasteiger partial charge >= 0.3 is 0 Å². The van der Waals surface area contributed by atoms with Gasteiger partial charge in [-0.2, -0.15) is 0 Å². The average Bonchev–Trinajstić information content (AvgIpc) is 3.10. The van der Waals surface area contributed by atoms with E-state index < -0.39 is 0 Å². The Morgan fingerprint density at radius 1 is 1.25 bits per heavy atom. The summed E-state index contributed by atoms with van der Waals surface area (Å²) in [6, 6.07) is 12.6. The second kappa shape index (κ2) is 5.97. The molecule has 0 aliphatic carbocycles. The molecule has 2 aromatic heterocycles. The maximum absolute atomic E-state index is 4.50. The van der Waals surface area contributed by atoms with E-state index in [1.807, 2.05) is 31.6 Å². The Hall–Kier alpha value is -1.34. The molecule has 0 saturated carbocycles. The highest BCUT2D eigenvalue weighted by Crippen LogP contribution is 2.30. The number of hydrogen-bond acceptors (Lipinski definition) is 3. The summed E-state index contributed by atoms with van der Waals surface area (Å²) in [4.78, 5) is 5.77. The molecule has 1 N–H and O–H groups in total. The third-order valence-electron chi connectivity index (χ3n) is 3.12. The number of para-hydroxylation sites is 1. The van der Waals surface area contributed by atoms with Crippen molar-refractivity contribution in [2.24, 2.45) is 7.05 Å². The Morgan fingerprint density at radius 2 is 2.10 bits per heavy atom. The van der Waals surface area contributed by atoms with Crippen LogP contribution >= 0.6 is 33.9 Å². The SMILES string of the molecule is Cn1ccnc1C(Nc1ccccc1I)c1cccs1.